The fraction of sp³-hybridized carbons (Fsp3) is 0.484. The lowest BCUT2D eigenvalue weighted by molar-refractivity contribution is -0.137. The molecule has 3 aromatic rings. The first-order valence-electron chi connectivity index (χ1n) is 13.6. The Morgan fingerprint density at radius 3 is 2.84 bits per heavy atom. The van der Waals surface area contributed by atoms with Gasteiger partial charge in [0.05, 0.1) is 12.6 Å². The predicted octanol–water partition coefficient (Wildman–Crippen LogP) is 6.86. The summed E-state index contributed by atoms with van der Waals surface area (Å²) in [6, 6.07) is 16.9. The van der Waals surface area contributed by atoms with Gasteiger partial charge in [0, 0.05) is 29.4 Å². The summed E-state index contributed by atoms with van der Waals surface area (Å²) in [6.45, 7) is 5.39. The molecule has 0 spiro atoms. The summed E-state index contributed by atoms with van der Waals surface area (Å²) in [6.07, 6.45) is 8.54. The van der Waals surface area contributed by atoms with E-state index in [4.69, 9.17) is 4.74 Å². The van der Waals surface area contributed by atoms with Crippen molar-refractivity contribution in [2.75, 3.05) is 32.5 Å². The summed E-state index contributed by atoms with van der Waals surface area (Å²) >= 11 is 1.93. The molecule has 2 heterocycles. The maximum absolute atomic E-state index is 11.3. The molecule has 0 radical (unpaired) electrons. The van der Waals surface area contributed by atoms with Gasteiger partial charge in [-0.3, -0.25) is 9.78 Å². The minimum absolute atomic E-state index is 0.271. The predicted molar refractivity (Wildman–Crippen MR) is 153 cm³/mol. The fourth-order valence-corrected chi connectivity index (χ4v) is 6.59. The van der Waals surface area contributed by atoms with Crippen molar-refractivity contribution in [2.45, 2.75) is 56.8 Å². The number of carbonyl (C=O) groups is 1. The molecule has 0 amide bonds. The van der Waals surface area contributed by atoms with E-state index in [1.807, 2.05) is 30.1 Å². The topological polar surface area (TPSA) is 62.7 Å². The Morgan fingerprint density at radius 1 is 1.14 bits per heavy atom. The molecule has 198 valence electrons. The molecule has 1 aromatic heterocycles. The molecule has 1 N–H and O–H groups in total. The van der Waals surface area contributed by atoms with Gasteiger partial charge in [-0.1, -0.05) is 17.7 Å². The number of hydrogen-bond acceptors (Lipinski definition) is 5. The Labute approximate surface area is 225 Å². The molecule has 2 unspecified atom stereocenters. The number of methoxy groups -OCH3 is 1. The van der Waals surface area contributed by atoms with Crippen LogP contribution in [0, 0.1) is 18.8 Å². The van der Waals surface area contributed by atoms with Crippen LogP contribution in [0.1, 0.15) is 49.7 Å². The number of benzene rings is 2. The first-order valence-corrected chi connectivity index (χ1v) is 14.6. The third-order valence-electron chi connectivity index (χ3n) is 7.64. The Hall–Kier alpha value is -2.57. The summed E-state index contributed by atoms with van der Waals surface area (Å²) in [7, 11) is 1.70. The molecule has 37 heavy (non-hydrogen) atoms. The molecule has 1 saturated heterocycles. The normalized spacial score (nSPS) is 18.2. The third-order valence-corrected chi connectivity index (χ3v) is 8.72. The summed E-state index contributed by atoms with van der Waals surface area (Å²) in [5.74, 6) is 2.36. The molecule has 5 nitrogen and oxygen atoms in total. The van der Waals surface area contributed by atoms with E-state index >= 15 is 0 Å². The Kier molecular flexibility index (Phi) is 10.3. The van der Waals surface area contributed by atoms with Gasteiger partial charge in [0.25, 0.3) is 0 Å². The number of carboxylic acid groups (broad SMARTS) is 1. The molecule has 0 saturated carbocycles. The van der Waals surface area contributed by atoms with Crippen molar-refractivity contribution in [3.63, 3.8) is 0 Å². The average molecular weight is 521 g/mol. The lowest BCUT2D eigenvalue weighted by Gasteiger charge is -2.39. The van der Waals surface area contributed by atoms with E-state index in [0.717, 1.165) is 68.8 Å². The van der Waals surface area contributed by atoms with Gasteiger partial charge >= 0.3 is 5.97 Å². The lowest BCUT2D eigenvalue weighted by Crippen LogP contribution is -2.41. The van der Waals surface area contributed by atoms with Crippen LogP contribution < -0.4 is 4.74 Å². The second-order valence-corrected chi connectivity index (χ2v) is 11.5. The van der Waals surface area contributed by atoms with Gasteiger partial charge in [0.1, 0.15) is 5.75 Å². The van der Waals surface area contributed by atoms with E-state index in [9.17, 15) is 9.90 Å². The third kappa shape index (κ3) is 8.21. The van der Waals surface area contributed by atoms with Crippen molar-refractivity contribution in [3.8, 4) is 5.75 Å². The van der Waals surface area contributed by atoms with Gasteiger partial charge < -0.3 is 14.7 Å². The van der Waals surface area contributed by atoms with Crippen LogP contribution in [-0.4, -0.2) is 53.5 Å². The zero-order chi connectivity index (χ0) is 26.0. The van der Waals surface area contributed by atoms with Crippen molar-refractivity contribution in [3.05, 3.63) is 65.9 Å². The van der Waals surface area contributed by atoms with Gasteiger partial charge in [0.2, 0.25) is 0 Å². The van der Waals surface area contributed by atoms with Crippen molar-refractivity contribution in [2.24, 2.45) is 11.8 Å². The van der Waals surface area contributed by atoms with Crippen molar-refractivity contribution in [1.82, 2.24) is 9.88 Å². The van der Waals surface area contributed by atoms with Crippen molar-refractivity contribution < 1.29 is 14.6 Å². The molecule has 4 rings (SSSR count). The number of aromatic nitrogens is 1. The maximum Gasteiger partial charge on any atom is 0.303 e. The van der Waals surface area contributed by atoms with E-state index in [-0.39, 0.29) is 6.42 Å². The van der Waals surface area contributed by atoms with Gasteiger partial charge in [0.15, 0.2) is 0 Å². The molecule has 0 bridgehead atoms. The number of likely N-dealkylation sites (tertiary alicyclic amines) is 1. The van der Waals surface area contributed by atoms with Crippen molar-refractivity contribution in [1.29, 1.82) is 0 Å². The highest BCUT2D eigenvalue weighted by Gasteiger charge is 2.29. The van der Waals surface area contributed by atoms with Gasteiger partial charge in [-0.15, -0.1) is 11.8 Å². The van der Waals surface area contributed by atoms with Crippen LogP contribution in [0.15, 0.2) is 59.6 Å². The second-order valence-electron chi connectivity index (χ2n) is 10.3. The van der Waals surface area contributed by atoms with Crippen LogP contribution in [0.3, 0.4) is 0 Å². The minimum atomic E-state index is -0.678. The number of ether oxygens (including phenoxy) is 1. The SMILES string of the molecule is COc1ccc2nccc(CCCC3CCN(CCCSc4cccc(C)c4)CC3CCC(=O)O)c2c1. The number of rotatable bonds is 13. The van der Waals surface area contributed by atoms with Gasteiger partial charge in [-0.25, -0.2) is 0 Å². The number of nitrogens with zero attached hydrogens (tertiary/aromatic N) is 2. The average Bonchev–Trinajstić information content (AvgIpc) is 2.90. The molecule has 1 aliphatic rings. The molecule has 6 heteroatoms. The van der Waals surface area contributed by atoms with Crippen LogP contribution in [0.25, 0.3) is 10.9 Å². The molecule has 2 atom stereocenters. The molecule has 1 fully saturated rings. The van der Waals surface area contributed by atoms with Crippen LogP contribution in [0.2, 0.25) is 0 Å². The quantitative estimate of drug-likeness (QED) is 0.196. The number of fused-ring (bicyclic) bond motifs is 1. The number of carboxylic acids is 1. The second kappa shape index (κ2) is 13.8. The van der Waals surface area contributed by atoms with E-state index < -0.39 is 5.97 Å². The first kappa shape index (κ1) is 27.5. The summed E-state index contributed by atoms with van der Waals surface area (Å²) in [5.41, 5.74) is 3.63. The summed E-state index contributed by atoms with van der Waals surface area (Å²) < 4.78 is 5.43. The molecule has 1 aliphatic heterocycles. The number of thioether (sulfide) groups is 1. The number of pyridine rings is 1. The Balaban J connectivity index is 1.28. The number of piperidine rings is 1. The highest BCUT2D eigenvalue weighted by Crippen LogP contribution is 2.32. The van der Waals surface area contributed by atoms with E-state index in [2.05, 4.69) is 53.2 Å². The minimum Gasteiger partial charge on any atom is -0.497 e. The maximum atomic E-state index is 11.3. The van der Waals surface area contributed by atoms with Gasteiger partial charge in [-0.2, -0.15) is 0 Å². The fourth-order valence-electron chi connectivity index (χ4n) is 5.64. The van der Waals surface area contributed by atoms with Crippen LogP contribution >= 0.6 is 11.8 Å². The summed E-state index contributed by atoms with van der Waals surface area (Å²) in [5, 5.41) is 10.5. The zero-order valence-corrected chi connectivity index (χ0v) is 23.0. The first-order chi connectivity index (χ1) is 18.0. The van der Waals surface area contributed by atoms with Crippen LogP contribution in [-0.2, 0) is 11.2 Å². The van der Waals surface area contributed by atoms with Crippen LogP contribution in [0.4, 0.5) is 0 Å². The standard InChI is InChI=1S/C31H40N2O3S/c1-23-6-3-9-28(20-23)37-19-5-17-33-18-15-24(26(22-33)10-13-31(34)35)7-4-8-25-14-16-32-30-12-11-27(36-2)21-29(25)30/h3,6,9,11-12,14,16,20-21,24,26H,4-5,7-8,10,13,15,17-19,22H2,1-2H3,(H,34,35). The van der Waals surface area contributed by atoms with Crippen molar-refractivity contribution >= 4 is 28.6 Å². The number of hydrogen-bond donors (Lipinski definition) is 1. The molecular weight excluding hydrogens is 480 g/mol. The molecule has 2 aromatic carbocycles. The lowest BCUT2D eigenvalue weighted by atomic mass is 9.79. The monoisotopic (exact) mass is 520 g/mol. The summed E-state index contributed by atoms with van der Waals surface area (Å²) in [4.78, 5) is 19.8. The highest BCUT2D eigenvalue weighted by atomic mass is 32.2. The van der Waals surface area contributed by atoms with Gasteiger partial charge in [-0.05, 0) is 118 Å². The smallest absolute Gasteiger partial charge is 0.303 e. The van der Waals surface area contributed by atoms with Crippen LogP contribution in [0.5, 0.6) is 5.75 Å². The van der Waals surface area contributed by atoms with E-state index in [1.54, 1.807) is 7.11 Å². The molecular formula is C31H40N2O3S. The number of aliphatic carboxylic acids is 1. The Bertz CT molecular complexity index is 1170. The highest BCUT2D eigenvalue weighted by molar-refractivity contribution is 7.99. The zero-order valence-electron chi connectivity index (χ0n) is 22.2. The Morgan fingerprint density at radius 2 is 2.03 bits per heavy atom. The molecule has 0 aliphatic carbocycles. The van der Waals surface area contributed by atoms with E-state index in [0.29, 0.717) is 11.8 Å². The number of aryl methyl sites for hydroxylation is 2. The largest absolute Gasteiger partial charge is 0.497 e. The van der Waals surface area contributed by atoms with E-state index in [1.165, 1.54) is 27.8 Å².